The van der Waals surface area contributed by atoms with E-state index in [1.807, 2.05) is 0 Å². The number of nitro groups is 1. The first-order valence-electron chi connectivity index (χ1n) is 6.17. The maximum Gasteiger partial charge on any atom is 0.306 e. The van der Waals surface area contributed by atoms with Gasteiger partial charge < -0.3 is 10.1 Å². The number of methoxy groups -OCH3 is 1. The molecule has 1 heterocycles. The van der Waals surface area contributed by atoms with Crippen LogP contribution in [0.3, 0.4) is 0 Å². The number of halogens is 1. The van der Waals surface area contributed by atoms with Crippen molar-refractivity contribution in [3.05, 3.63) is 46.0 Å². The van der Waals surface area contributed by atoms with E-state index in [1.54, 1.807) is 13.3 Å². The van der Waals surface area contributed by atoms with Gasteiger partial charge in [0.1, 0.15) is 0 Å². The van der Waals surface area contributed by atoms with Gasteiger partial charge in [0.05, 0.1) is 29.1 Å². The molecular formula is C12H14FN5O3. The number of nitrogens with one attached hydrogen (secondary N) is 1. The third-order valence-electron chi connectivity index (χ3n) is 2.72. The Morgan fingerprint density at radius 2 is 2.33 bits per heavy atom. The Bertz CT molecular complexity index is 631. The number of hydrogen-bond acceptors (Lipinski definition) is 6. The third kappa shape index (κ3) is 3.80. The molecule has 21 heavy (non-hydrogen) atoms. The lowest BCUT2D eigenvalue weighted by molar-refractivity contribution is -0.387. The monoisotopic (exact) mass is 295 g/mol. The minimum absolute atomic E-state index is 0.374. The zero-order valence-electron chi connectivity index (χ0n) is 11.3. The number of aromatic nitrogens is 3. The molecule has 0 bridgehead atoms. The molecule has 1 N–H and O–H groups in total. The van der Waals surface area contributed by atoms with E-state index in [9.17, 15) is 14.5 Å². The predicted octanol–water partition coefficient (Wildman–Crippen LogP) is 1.05. The van der Waals surface area contributed by atoms with Crippen LogP contribution in [-0.2, 0) is 11.3 Å². The molecular weight excluding hydrogens is 281 g/mol. The van der Waals surface area contributed by atoms with Crippen molar-refractivity contribution in [2.24, 2.45) is 0 Å². The topological polar surface area (TPSA) is 95.1 Å². The second-order valence-corrected chi connectivity index (χ2v) is 4.22. The summed E-state index contributed by atoms with van der Waals surface area (Å²) in [6.07, 6.45) is 1.62. The van der Waals surface area contributed by atoms with Gasteiger partial charge in [-0.2, -0.15) is 4.39 Å². The van der Waals surface area contributed by atoms with E-state index in [1.165, 1.54) is 10.7 Å². The highest BCUT2D eigenvalue weighted by Gasteiger charge is 2.15. The Balaban J connectivity index is 2.10. The molecule has 0 aliphatic carbocycles. The third-order valence-corrected chi connectivity index (χ3v) is 2.72. The molecule has 112 valence electrons. The molecule has 0 radical (unpaired) electrons. The van der Waals surface area contributed by atoms with E-state index in [0.717, 1.165) is 12.1 Å². The molecule has 0 saturated heterocycles. The summed E-state index contributed by atoms with van der Waals surface area (Å²) in [6, 6.07) is 3.55. The normalized spacial score (nSPS) is 10.8. The Morgan fingerprint density at radius 1 is 1.52 bits per heavy atom. The zero-order chi connectivity index (χ0) is 15.2. The van der Waals surface area contributed by atoms with Crippen molar-refractivity contribution in [3.63, 3.8) is 0 Å². The summed E-state index contributed by atoms with van der Waals surface area (Å²) in [4.78, 5) is 9.94. The van der Waals surface area contributed by atoms with Gasteiger partial charge in [0, 0.05) is 26.3 Å². The quantitative estimate of drug-likeness (QED) is 0.466. The second kappa shape index (κ2) is 6.86. The minimum atomic E-state index is -0.884. The first kappa shape index (κ1) is 15.0. The second-order valence-electron chi connectivity index (χ2n) is 4.22. The summed E-state index contributed by atoms with van der Waals surface area (Å²) in [6.45, 7) is 1.75. The Labute approximate surface area is 119 Å². The van der Waals surface area contributed by atoms with Crippen molar-refractivity contribution in [1.29, 1.82) is 0 Å². The molecule has 0 atom stereocenters. The lowest BCUT2D eigenvalue weighted by Gasteiger charge is -2.01. The zero-order valence-corrected chi connectivity index (χ0v) is 11.3. The molecule has 9 heteroatoms. The fraction of sp³-hybridized carbons (Fsp3) is 0.333. The van der Waals surface area contributed by atoms with Crippen LogP contribution >= 0.6 is 0 Å². The van der Waals surface area contributed by atoms with Crippen LogP contribution in [0, 0.1) is 15.9 Å². The number of nitro benzene ring substituents is 1. The number of rotatable bonds is 7. The highest BCUT2D eigenvalue weighted by molar-refractivity contribution is 5.43. The Hall–Kier alpha value is -2.39. The minimum Gasteiger partial charge on any atom is -0.383 e. The van der Waals surface area contributed by atoms with Crippen molar-refractivity contribution in [1.82, 2.24) is 20.3 Å². The van der Waals surface area contributed by atoms with Gasteiger partial charge in [0.2, 0.25) is 5.82 Å². The van der Waals surface area contributed by atoms with Gasteiger partial charge in [0.15, 0.2) is 0 Å². The molecule has 8 nitrogen and oxygen atoms in total. The number of nitrogens with zero attached hydrogens (tertiary/aromatic N) is 4. The van der Waals surface area contributed by atoms with Crippen LogP contribution in [0.15, 0.2) is 24.4 Å². The van der Waals surface area contributed by atoms with Crippen molar-refractivity contribution < 1.29 is 14.1 Å². The van der Waals surface area contributed by atoms with Crippen molar-refractivity contribution in [2.45, 2.75) is 6.54 Å². The smallest absolute Gasteiger partial charge is 0.306 e. The predicted molar refractivity (Wildman–Crippen MR) is 71.6 cm³/mol. The first-order chi connectivity index (χ1) is 10.1. The van der Waals surface area contributed by atoms with Gasteiger partial charge >= 0.3 is 5.69 Å². The molecule has 0 fully saturated rings. The maximum absolute atomic E-state index is 13.3. The maximum atomic E-state index is 13.3. The number of benzene rings is 1. The molecule has 2 aromatic rings. The summed E-state index contributed by atoms with van der Waals surface area (Å²) >= 11 is 0. The largest absolute Gasteiger partial charge is 0.383 e. The standard InChI is InChI=1S/C12H14FN5O3/c1-21-5-4-14-7-9-8-17(16-15-9)10-2-3-11(13)12(6-10)18(19)20/h2-3,6,8,14H,4-5,7H2,1H3. The molecule has 0 aliphatic rings. The SMILES string of the molecule is COCCNCc1cn(-c2ccc(F)c([N+](=O)[O-])c2)nn1. The number of hydrogen-bond donors (Lipinski definition) is 1. The fourth-order valence-corrected chi connectivity index (χ4v) is 1.68. The van der Waals surface area contributed by atoms with E-state index in [2.05, 4.69) is 15.6 Å². The molecule has 0 saturated carbocycles. The molecule has 2 rings (SSSR count). The van der Waals surface area contributed by atoms with Crippen LogP contribution in [0.25, 0.3) is 5.69 Å². The van der Waals surface area contributed by atoms with E-state index in [-0.39, 0.29) is 0 Å². The summed E-state index contributed by atoms with van der Waals surface area (Å²) in [5.74, 6) is -0.884. The van der Waals surface area contributed by atoms with Gasteiger partial charge in [-0.15, -0.1) is 5.10 Å². The Kier molecular flexibility index (Phi) is 4.90. The van der Waals surface area contributed by atoms with Gasteiger partial charge in [-0.3, -0.25) is 10.1 Å². The van der Waals surface area contributed by atoms with Crippen LogP contribution in [0.5, 0.6) is 0 Å². The van der Waals surface area contributed by atoms with Gasteiger partial charge in [-0.1, -0.05) is 5.21 Å². The van der Waals surface area contributed by atoms with Crippen molar-refractivity contribution in [3.8, 4) is 5.69 Å². The fourth-order valence-electron chi connectivity index (χ4n) is 1.68. The molecule has 0 aliphatic heterocycles. The van der Waals surface area contributed by atoms with E-state index in [0.29, 0.717) is 31.1 Å². The molecule has 1 aromatic heterocycles. The highest BCUT2D eigenvalue weighted by atomic mass is 19.1. The van der Waals surface area contributed by atoms with E-state index >= 15 is 0 Å². The van der Waals surface area contributed by atoms with Gasteiger partial charge in [0.25, 0.3) is 0 Å². The Morgan fingerprint density at radius 3 is 3.05 bits per heavy atom. The van der Waals surface area contributed by atoms with Crippen LogP contribution in [0.1, 0.15) is 5.69 Å². The van der Waals surface area contributed by atoms with Gasteiger partial charge in [-0.25, -0.2) is 4.68 Å². The van der Waals surface area contributed by atoms with E-state index in [4.69, 9.17) is 4.74 Å². The van der Waals surface area contributed by atoms with Crippen molar-refractivity contribution in [2.75, 3.05) is 20.3 Å². The lowest BCUT2D eigenvalue weighted by Crippen LogP contribution is -2.18. The first-order valence-corrected chi connectivity index (χ1v) is 6.17. The molecule has 0 amide bonds. The van der Waals surface area contributed by atoms with Crippen molar-refractivity contribution >= 4 is 5.69 Å². The molecule has 1 aromatic carbocycles. The molecule has 0 unspecified atom stereocenters. The summed E-state index contributed by atoms with van der Waals surface area (Å²) in [5, 5.41) is 21.6. The van der Waals surface area contributed by atoms with Crippen LogP contribution in [0.4, 0.5) is 10.1 Å². The summed E-state index contributed by atoms with van der Waals surface area (Å²) in [5.41, 5.74) is 0.444. The summed E-state index contributed by atoms with van der Waals surface area (Å²) in [7, 11) is 1.61. The highest BCUT2D eigenvalue weighted by Crippen LogP contribution is 2.20. The lowest BCUT2D eigenvalue weighted by atomic mass is 10.2. The van der Waals surface area contributed by atoms with Crippen LogP contribution in [0.2, 0.25) is 0 Å². The van der Waals surface area contributed by atoms with Gasteiger partial charge in [-0.05, 0) is 12.1 Å². The van der Waals surface area contributed by atoms with E-state index < -0.39 is 16.4 Å². The average Bonchev–Trinajstić information content (AvgIpc) is 2.92. The summed E-state index contributed by atoms with van der Waals surface area (Å²) < 4.78 is 19.5. The number of ether oxygens (including phenoxy) is 1. The molecule has 0 spiro atoms. The van der Waals surface area contributed by atoms with Crippen LogP contribution in [-0.4, -0.2) is 40.2 Å². The average molecular weight is 295 g/mol. The van der Waals surface area contributed by atoms with Crippen LogP contribution < -0.4 is 5.32 Å².